The molecule has 0 saturated heterocycles. The number of rotatable bonds is 5. The van der Waals surface area contributed by atoms with E-state index in [9.17, 15) is 14.4 Å². The number of hydrogen-bond acceptors (Lipinski definition) is 5. The molecule has 1 aliphatic heterocycles. The zero-order valence-corrected chi connectivity index (χ0v) is 19.8. The molecule has 33 heavy (non-hydrogen) atoms. The van der Waals surface area contributed by atoms with Gasteiger partial charge in [-0.3, -0.25) is 14.5 Å². The maximum absolute atomic E-state index is 13.8. The Morgan fingerprint density at radius 3 is 2.42 bits per heavy atom. The van der Waals surface area contributed by atoms with Crippen molar-refractivity contribution in [2.75, 3.05) is 12.0 Å². The minimum Gasteiger partial charge on any atom is -0.464 e. The van der Waals surface area contributed by atoms with Gasteiger partial charge in [0, 0.05) is 11.7 Å². The summed E-state index contributed by atoms with van der Waals surface area (Å²) in [6.45, 7) is 6.16. The van der Waals surface area contributed by atoms with E-state index in [1.54, 1.807) is 11.5 Å². The highest BCUT2D eigenvalue weighted by Crippen LogP contribution is 2.35. The van der Waals surface area contributed by atoms with Crippen LogP contribution in [0.1, 0.15) is 85.3 Å². The fraction of sp³-hybridized carbons (Fsp3) is 0.520. The third kappa shape index (κ3) is 4.14. The molecule has 0 spiro atoms. The van der Waals surface area contributed by atoms with E-state index < -0.39 is 17.4 Å². The Labute approximate surface area is 194 Å². The largest absolute Gasteiger partial charge is 0.464 e. The molecule has 4 rings (SSSR count). The van der Waals surface area contributed by atoms with Crippen molar-refractivity contribution < 1.29 is 19.1 Å². The van der Waals surface area contributed by atoms with Crippen molar-refractivity contribution in [1.82, 2.24) is 14.9 Å². The number of amides is 2. The topological polar surface area (TPSA) is 93.5 Å². The number of carbonyl (C=O) groups excluding carboxylic acids is 3. The van der Waals surface area contributed by atoms with Crippen LogP contribution in [0.25, 0.3) is 0 Å². The van der Waals surface area contributed by atoms with Crippen LogP contribution >= 0.6 is 0 Å². The molecule has 1 aliphatic carbocycles. The first-order valence-corrected chi connectivity index (χ1v) is 11.6. The highest BCUT2D eigenvalue weighted by molar-refractivity contribution is 6.15. The SMILES string of the molecule is COC(=O)c1ncn2c1C(=O)N(c1ccc(C(C)C)cc1)[C@](C)(C(=O)NC1CCCCC1)C2. The van der Waals surface area contributed by atoms with Crippen molar-refractivity contribution in [3.8, 4) is 0 Å². The van der Waals surface area contributed by atoms with Crippen molar-refractivity contribution in [3.63, 3.8) is 0 Å². The molecule has 2 heterocycles. The van der Waals surface area contributed by atoms with Crippen LogP contribution in [0.2, 0.25) is 0 Å². The highest BCUT2D eigenvalue weighted by atomic mass is 16.5. The molecular weight excluding hydrogens is 420 g/mol. The first kappa shape index (κ1) is 23.0. The number of aromatic nitrogens is 2. The summed E-state index contributed by atoms with van der Waals surface area (Å²) >= 11 is 0. The van der Waals surface area contributed by atoms with Crippen LogP contribution in [-0.4, -0.2) is 46.0 Å². The maximum atomic E-state index is 13.8. The van der Waals surface area contributed by atoms with Crippen molar-refractivity contribution in [2.45, 2.75) is 76.9 Å². The van der Waals surface area contributed by atoms with Gasteiger partial charge in [-0.2, -0.15) is 0 Å². The summed E-state index contributed by atoms with van der Waals surface area (Å²) in [6.07, 6.45) is 6.70. The number of nitrogens with one attached hydrogen (secondary N) is 1. The molecule has 0 radical (unpaired) electrons. The summed E-state index contributed by atoms with van der Waals surface area (Å²) in [5.41, 5.74) is 0.652. The number of anilines is 1. The van der Waals surface area contributed by atoms with Gasteiger partial charge in [0.25, 0.3) is 5.91 Å². The Hall–Kier alpha value is -3.16. The van der Waals surface area contributed by atoms with Gasteiger partial charge < -0.3 is 14.6 Å². The number of benzene rings is 1. The molecular formula is C25H32N4O4. The Bertz CT molecular complexity index is 1050. The summed E-state index contributed by atoms with van der Waals surface area (Å²) in [5.74, 6) is -0.987. The van der Waals surface area contributed by atoms with E-state index in [-0.39, 0.29) is 29.9 Å². The monoisotopic (exact) mass is 452 g/mol. The molecule has 0 bridgehead atoms. The molecule has 1 aromatic heterocycles. The Kier molecular flexibility index (Phi) is 6.28. The van der Waals surface area contributed by atoms with E-state index in [1.807, 2.05) is 24.3 Å². The molecule has 1 N–H and O–H groups in total. The first-order valence-electron chi connectivity index (χ1n) is 11.6. The lowest BCUT2D eigenvalue weighted by molar-refractivity contribution is -0.127. The van der Waals surface area contributed by atoms with Gasteiger partial charge in [0.1, 0.15) is 11.2 Å². The van der Waals surface area contributed by atoms with E-state index in [4.69, 9.17) is 4.74 Å². The number of carbonyl (C=O) groups is 3. The molecule has 0 unspecified atom stereocenters. The predicted octanol–water partition coefficient (Wildman–Crippen LogP) is 3.66. The minimum atomic E-state index is -1.19. The number of hydrogen-bond donors (Lipinski definition) is 1. The van der Waals surface area contributed by atoms with Crippen LogP contribution in [0, 0.1) is 0 Å². The Morgan fingerprint density at radius 2 is 1.82 bits per heavy atom. The summed E-state index contributed by atoms with van der Waals surface area (Å²) in [6, 6.07) is 7.78. The van der Waals surface area contributed by atoms with Crippen LogP contribution in [0.15, 0.2) is 30.6 Å². The quantitative estimate of drug-likeness (QED) is 0.699. The number of esters is 1. The summed E-state index contributed by atoms with van der Waals surface area (Å²) in [7, 11) is 1.26. The molecule has 176 valence electrons. The second-order valence-corrected chi connectivity index (χ2v) is 9.53. The third-order valence-electron chi connectivity index (χ3n) is 6.84. The van der Waals surface area contributed by atoms with Crippen LogP contribution in [0.5, 0.6) is 0 Å². The van der Waals surface area contributed by atoms with Crippen molar-refractivity contribution in [3.05, 3.63) is 47.5 Å². The van der Waals surface area contributed by atoms with Gasteiger partial charge in [0.05, 0.1) is 20.0 Å². The molecule has 8 nitrogen and oxygen atoms in total. The zero-order valence-electron chi connectivity index (χ0n) is 19.8. The summed E-state index contributed by atoms with van der Waals surface area (Å²) < 4.78 is 6.42. The van der Waals surface area contributed by atoms with E-state index in [0.717, 1.165) is 31.2 Å². The zero-order chi connectivity index (χ0) is 23.8. The van der Waals surface area contributed by atoms with Gasteiger partial charge in [0.2, 0.25) is 5.91 Å². The van der Waals surface area contributed by atoms with Crippen LogP contribution in [0.4, 0.5) is 5.69 Å². The smallest absolute Gasteiger partial charge is 0.359 e. The van der Waals surface area contributed by atoms with Gasteiger partial charge in [-0.15, -0.1) is 0 Å². The molecule has 2 aromatic rings. The maximum Gasteiger partial charge on any atom is 0.359 e. The van der Waals surface area contributed by atoms with Gasteiger partial charge >= 0.3 is 5.97 Å². The van der Waals surface area contributed by atoms with Crippen molar-refractivity contribution >= 4 is 23.5 Å². The van der Waals surface area contributed by atoms with Gasteiger partial charge in [-0.05, 0) is 43.4 Å². The average molecular weight is 453 g/mol. The molecule has 1 fully saturated rings. The normalized spacial score (nSPS) is 21.1. The van der Waals surface area contributed by atoms with Gasteiger partial charge in [-0.1, -0.05) is 45.2 Å². The number of fused-ring (bicyclic) bond motifs is 1. The van der Waals surface area contributed by atoms with Gasteiger partial charge in [0.15, 0.2) is 5.69 Å². The summed E-state index contributed by atoms with van der Waals surface area (Å²) in [4.78, 5) is 45.4. The molecule has 1 atom stereocenters. The second-order valence-electron chi connectivity index (χ2n) is 9.53. The van der Waals surface area contributed by atoms with Crippen LogP contribution in [-0.2, 0) is 16.1 Å². The lowest BCUT2D eigenvalue weighted by Crippen LogP contribution is -2.65. The van der Waals surface area contributed by atoms with Gasteiger partial charge in [-0.25, -0.2) is 9.78 Å². The van der Waals surface area contributed by atoms with Crippen LogP contribution < -0.4 is 10.2 Å². The summed E-state index contributed by atoms with van der Waals surface area (Å²) in [5, 5.41) is 3.19. The number of imidazole rings is 1. The Balaban J connectivity index is 1.77. The van der Waals surface area contributed by atoms with E-state index in [2.05, 4.69) is 24.1 Å². The van der Waals surface area contributed by atoms with E-state index in [0.29, 0.717) is 11.6 Å². The molecule has 8 heteroatoms. The number of nitrogens with zero attached hydrogens (tertiary/aromatic N) is 3. The average Bonchev–Trinajstić information content (AvgIpc) is 3.23. The fourth-order valence-electron chi connectivity index (χ4n) is 4.88. The van der Waals surface area contributed by atoms with Crippen molar-refractivity contribution in [2.24, 2.45) is 0 Å². The fourth-order valence-corrected chi connectivity index (χ4v) is 4.88. The first-order chi connectivity index (χ1) is 15.8. The lowest BCUT2D eigenvalue weighted by Gasteiger charge is -2.44. The molecule has 1 saturated carbocycles. The van der Waals surface area contributed by atoms with Crippen LogP contribution in [0.3, 0.4) is 0 Å². The third-order valence-corrected chi connectivity index (χ3v) is 6.84. The number of ether oxygens (including phenoxy) is 1. The standard InChI is InChI=1S/C25H32N4O4/c1-16(2)17-10-12-19(13-11-17)29-22(30)21-20(23(31)33-4)26-15-28(21)14-25(29,3)24(32)27-18-8-6-5-7-9-18/h10-13,15-16,18H,5-9,14H2,1-4H3,(H,27,32)/t25-/m0/s1. The number of methoxy groups -OCH3 is 1. The molecule has 2 amide bonds. The van der Waals surface area contributed by atoms with E-state index >= 15 is 0 Å². The lowest BCUT2D eigenvalue weighted by atomic mass is 9.90. The molecule has 1 aromatic carbocycles. The second kappa shape index (κ2) is 9.00. The van der Waals surface area contributed by atoms with E-state index in [1.165, 1.54) is 24.8 Å². The highest BCUT2D eigenvalue weighted by Gasteiger charge is 2.50. The minimum absolute atomic E-state index is 0.0407. The predicted molar refractivity (Wildman–Crippen MR) is 124 cm³/mol. The molecule has 2 aliphatic rings. The Morgan fingerprint density at radius 1 is 1.15 bits per heavy atom. The van der Waals surface area contributed by atoms with Crippen molar-refractivity contribution in [1.29, 1.82) is 0 Å².